The number of fused-ring (bicyclic) bond motifs is 1. The fourth-order valence-corrected chi connectivity index (χ4v) is 3.47. The summed E-state index contributed by atoms with van der Waals surface area (Å²) in [6.07, 6.45) is 1.06. The van der Waals surface area contributed by atoms with Gasteiger partial charge in [0.25, 0.3) is 0 Å². The van der Waals surface area contributed by atoms with Crippen LogP contribution < -0.4 is 0 Å². The number of carboxylic acid groups (broad SMARTS) is 1. The third-order valence-corrected chi connectivity index (χ3v) is 4.62. The molecule has 0 bridgehead atoms. The molecule has 114 valence electrons. The van der Waals surface area contributed by atoms with E-state index in [2.05, 4.69) is 29.8 Å². The van der Waals surface area contributed by atoms with E-state index in [1.807, 2.05) is 18.2 Å². The number of halogens is 1. The molecule has 5 heteroatoms. The van der Waals surface area contributed by atoms with Crippen molar-refractivity contribution in [2.24, 2.45) is 0 Å². The molecule has 0 heterocycles. The van der Waals surface area contributed by atoms with E-state index in [0.29, 0.717) is 6.42 Å². The second-order valence-electron chi connectivity index (χ2n) is 6.23. The lowest BCUT2D eigenvalue weighted by atomic mass is 9.66. The molecule has 0 spiro atoms. The van der Waals surface area contributed by atoms with Crippen molar-refractivity contribution in [2.75, 3.05) is 0 Å². The Balaban J connectivity index is 2.64. The van der Waals surface area contributed by atoms with Crippen molar-refractivity contribution in [3.63, 3.8) is 0 Å². The normalized spacial score (nSPS) is 23.2. The summed E-state index contributed by atoms with van der Waals surface area (Å²) in [6, 6.07) is 5.80. The van der Waals surface area contributed by atoms with Crippen LogP contribution in [0.15, 0.2) is 22.7 Å². The topological polar surface area (TPSA) is 63.6 Å². The molecule has 1 aromatic carbocycles. The molecule has 1 atom stereocenters. The van der Waals surface area contributed by atoms with Crippen LogP contribution in [0, 0.1) is 0 Å². The standard InChI is InChI=1S/C16H19BrO4/c1-10(18)21-16(9-14(19)20)7-6-15(2,3)12-5-4-11(17)8-13(12)16/h4-5,8H,6-7,9H2,1-3H3,(H,19,20). The zero-order valence-electron chi connectivity index (χ0n) is 12.4. The lowest BCUT2D eigenvalue weighted by molar-refractivity contribution is -0.166. The van der Waals surface area contributed by atoms with Crippen LogP contribution in [0.1, 0.15) is 51.2 Å². The molecule has 1 aromatic rings. The SMILES string of the molecule is CC(=O)OC1(CC(=O)O)CCC(C)(C)c2ccc(Br)cc21. The minimum Gasteiger partial charge on any atom is -0.481 e. The maximum absolute atomic E-state index is 11.5. The van der Waals surface area contributed by atoms with Gasteiger partial charge < -0.3 is 9.84 Å². The van der Waals surface area contributed by atoms with Crippen LogP contribution in [0.2, 0.25) is 0 Å². The summed E-state index contributed by atoms with van der Waals surface area (Å²) in [5.41, 5.74) is 0.690. The van der Waals surface area contributed by atoms with Gasteiger partial charge in [-0.2, -0.15) is 0 Å². The fourth-order valence-electron chi connectivity index (χ4n) is 3.11. The molecule has 0 saturated heterocycles. The highest BCUT2D eigenvalue weighted by molar-refractivity contribution is 9.10. The molecule has 1 aliphatic rings. The van der Waals surface area contributed by atoms with Gasteiger partial charge in [-0.05, 0) is 36.0 Å². The lowest BCUT2D eigenvalue weighted by Gasteiger charge is -2.44. The van der Waals surface area contributed by atoms with E-state index in [0.717, 1.165) is 22.0 Å². The Morgan fingerprint density at radius 3 is 2.52 bits per heavy atom. The number of carboxylic acids is 1. The molecule has 2 rings (SSSR count). The van der Waals surface area contributed by atoms with E-state index >= 15 is 0 Å². The van der Waals surface area contributed by atoms with Crippen LogP contribution in [0.5, 0.6) is 0 Å². The minimum absolute atomic E-state index is 0.0712. The number of esters is 1. The van der Waals surface area contributed by atoms with Gasteiger partial charge in [-0.1, -0.05) is 35.8 Å². The highest BCUT2D eigenvalue weighted by atomic mass is 79.9. The van der Waals surface area contributed by atoms with Crippen molar-refractivity contribution >= 4 is 27.9 Å². The van der Waals surface area contributed by atoms with Gasteiger partial charge in [0.15, 0.2) is 0 Å². The predicted octanol–water partition coefficient (Wildman–Crippen LogP) is 3.75. The smallest absolute Gasteiger partial charge is 0.307 e. The van der Waals surface area contributed by atoms with Crippen molar-refractivity contribution in [2.45, 2.75) is 51.0 Å². The molecule has 0 radical (unpaired) electrons. The number of carbonyl (C=O) groups excluding carboxylic acids is 1. The number of aliphatic carboxylic acids is 1. The molecule has 1 aliphatic carbocycles. The molecule has 0 amide bonds. The number of hydrogen-bond acceptors (Lipinski definition) is 3. The zero-order chi connectivity index (χ0) is 15.8. The fraction of sp³-hybridized carbons (Fsp3) is 0.500. The monoisotopic (exact) mass is 354 g/mol. The predicted molar refractivity (Wildman–Crippen MR) is 82.1 cm³/mol. The van der Waals surface area contributed by atoms with Crippen molar-refractivity contribution in [3.8, 4) is 0 Å². The molecule has 1 N–H and O–H groups in total. The van der Waals surface area contributed by atoms with Crippen LogP contribution in [-0.2, 0) is 25.3 Å². The molecular formula is C16H19BrO4. The highest BCUT2D eigenvalue weighted by Gasteiger charge is 2.46. The minimum atomic E-state index is -1.08. The molecule has 0 saturated carbocycles. The van der Waals surface area contributed by atoms with E-state index in [9.17, 15) is 14.7 Å². The molecule has 0 fully saturated rings. The second-order valence-corrected chi connectivity index (χ2v) is 7.15. The first-order valence-electron chi connectivity index (χ1n) is 6.88. The third-order valence-electron chi connectivity index (χ3n) is 4.13. The van der Waals surface area contributed by atoms with E-state index in [-0.39, 0.29) is 11.8 Å². The number of benzene rings is 1. The Morgan fingerprint density at radius 1 is 1.29 bits per heavy atom. The van der Waals surface area contributed by atoms with Gasteiger partial charge in [-0.3, -0.25) is 9.59 Å². The van der Waals surface area contributed by atoms with Crippen LogP contribution in [0.25, 0.3) is 0 Å². The second kappa shape index (κ2) is 5.44. The van der Waals surface area contributed by atoms with Gasteiger partial charge in [-0.15, -0.1) is 0 Å². The molecule has 4 nitrogen and oxygen atoms in total. The maximum Gasteiger partial charge on any atom is 0.307 e. The van der Waals surface area contributed by atoms with E-state index < -0.39 is 17.5 Å². The quantitative estimate of drug-likeness (QED) is 0.839. The van der Waals surface area contributed by atoms with Gasteiger partial charge in [0.1, 0.15) is 5.60 Å². The Kier molecular flexibility index (Phi) is 4.15. The van der Waals surface area contributed by atoms with E-state index in [1.165, 1.54) is 6.92 Å². The van der Waals surface area contributed by atoms with Crippen LogP contribution >= 0.6 is 15.9 Å². The summed E-state index contributed by atoms with van der Waals surface area (Å²) >= 11 is 3.42. The molecule has 0 aliphatic heterocycles. The maximum atomic E-state index is 11.5. The van der Waals surface area contributed by atoms with Crippen molar-refractivity contribution in [3.05, 3.63) is 33.8 Å². The number of carbonyl (C=O) groups is 2. The zero-order valence-corrected chi connectivity index (χ0v) is 14.0. The summed E-state index contributed by atoms with van der Waals surface area (Å²) in [4.78, 5) is 22.8. The van der Waals surface area contributed by atoms with E-state index in [4.69, 9.17) is 4.74 Å². The number of rotatable bonds is 3. The van der Waals surface area contributed by atoms with Gasteiger partial charge >= 0.3 is 11.9 Å². The molecule has 0 aromatic heterocycles. The first-order valence-corrected chi connectivity index (χ1v) is 7.67. The van der Waals surface area contributed by atoms with Gasteiger partial charge in [0.2, 0.25) is 0 Å². The largest absolute Gasteiger partial charge is 0.481 e. The van der Waals surface area contributed by atoms with Gasteiger partial charge in [-0.25, -0.2) is 0 Å². The summed E-state index contributed by atoms with van der Waals surface area (Å²) in [5, 5.41) is 9.27. The average Bonchev–Trinajstić information content (AvgIpc) is 2.33. The summed E-state index contributed by atoms with van der Waals surface area (Å²) < 4.78 is 6.37. The van der Waals surface area contributed by atoms with Crippen molar-refractivity contribution in [1.82, 2.24) is 0 Å². The van der Waals surface area contributed by atoms with Gasteiger partial charge in [0.05, 0.1) is 6.42 Å². The lowest BCUT2D eigenvalue weighted by Crippen LogP contribution is -2.42. The first kappa shape index (κ1) is 16.0. The van der Waals surface area contributed by atoms with Crippen molar-refractivity contribution < 1.29 is 19.4 Å². The summed E-state index contributed by atoms with van der Waals surface area (Å²) in [7, 11) is 0. The summed E-state index contributed by atoms with van der Waals surface area (Å²) in [5.74, 6) is -1.43. The number of hydrogen-bond donors (Lipinski definition) is 1. The number of ether oxygens (including phenoxy) is 1. The highest BCUT2D eigenvalue weighted by Crippen LogP contribution is 2.49. The first-order chi connectivity index (χ1) is 9.66. The average molecular weight is 355 g/mol. The Labute approximate surface area is 132 Å². The van der Waals surface area contributed by atoms with Crippen LogP contribution in [0.4, 0.5) is 0 Å². The van der Waals surface area contributed by atoms with E-state index in [1.54, 1.807) is 0 Å². The Morgan fingerprint density at radius 2 is 1.95 bits per heavy atom. The Hall–Kier alpha value is -1.36. The third kappa shape index (κ3) is 3.12. The Bertz CT molecular complexity index is 576. The molecule has 21 heavy (non-hydrogen) atoms. The van der Waals surface area contributed by atoms with Crippen molar-refractivity contribution in [1.29, 1.82) is 0 Å². The van der Waals surface area contributed by atoms with Crippen LogP contribution in [0.3, 0.4) is 0 Å². The van der Waals surface area contributed by atoms with Gasteiger partial charge in [0, 0.05) is 17.0 Å². The molecule has 1 unspecified atom stereocenters. The summed E-state index contributed by atoms with van der Waals surface area (Å²) in [6.45, 7) is 5.57. The van der Waals surface area contributed by atoms with Crippen LogP contribution in [-0.4, -0.2) is 17.0 Å². The molecular weight excluding hydrogens is 336 g/mol.